The highest BCUT2D eigenvalue weighted by Gasteiger charge is 2.46. The summed E-state index contributed by atoms with van der Waals surface area (Å²) in [6.07, 6.45) is 29.8. The number of unbranched alkanes of at least 4 members (excludes halogenated alkanes) is 18. The lowest BCUT2D eigenvalue weighted by Gasteiger charge is -2.33. The molecule has 0 radical (unpaired) electrons. The van der Waals surface area contributed by atoms with Crippen LogP contribution in [0.25, 0.3) is 0 Å². The first-order chi connectivity index (χ1) is 26.9. The van der Waals surface area contributed by atoms with Crippen LogP contribution in [0.15, 0.2) is 71.2 Å². The summed E-state index contributed by atoms with van der Waals surface area (Å²) in [4.78, 5) is 16.5. The number of rotatable bonds is 24. The maximum Gasteiger partial charge on any atom is 0.209 e. The Morgan fingerprint density at radius 3 is 1.73 bits per heavy atom. The van der Waals surface area contributed by atoms with Gasteiger partial charge < -0.3 is 10.0 Å². The Bertz CT molecular complexity index is 1800. The van der Waals surface area contributed by atoms with Crippen LogP contribution in [-0.2, 0) is 15.6 Å². The highest BCUT2D eigenvalue weighted by Crippen LogP contribution is 2.50. The van der Waals surface area contributed by atoms with E-state index in [0.717, 1.165) is 37.3 Å². The summed E-state index contributed by atoms with van der Waals surface area (Å²) < 4.78 is 4.82. The van der Waals surface area contributed by atoms with E-state index >= 15 is 0 Å². The minimum Gasteiger partial charge on any atom is -0.871 e. The van der Waals surface area contributed by atoms with E-state index in [0.29, 0.717) is 11.1 Å². The average molecular weight is 985 g/mol. The van der Waals surface area contributed by atoms with Gasteiger partial charge in [-0.15, -0.1) is 0 Å². The van der Waals surface area contributed by atoms with Gasteiger partial charge in [0, 0.05) is 65.8 Å². The van der Waals surface area contributed by atoms with E-state index in [2.05, 4.69) is 133 Å². The van der Waals surface area contributed by atoms with Crippen molar-refractivity contribution in [1.29, 1.82) is 0 Å². The number of benzene rings is 2. The first-order valence-electron chi connectivity index (χ1n) is 22.4. The monoisotopic (exact) mass is 984 g/mol. The molecular formula is C50H70I2N2O2. The maximum absolute atomic E-state index is 14.1. The second-order valence-electron chi connectivity index (χ2n) is 17.8. The van der Waals surface area contributed by atoms with Crippen LogP contribution >= 0.6 is 45.2 Å². The van der Waals surface area contributed by atoms with Crippen LogP contribution in [0, 0.1) is 7.14 Å². The van der Waals surface area contributed by atoms with Gasteiger partial charge in [-0.25, -0.2) is 0 Å². The van der Waals surface area contributed by atoms with Crippen molar-refractivity contribution in [2.24, 2.45) is 0 Å². The summed E-state index contributed by atoms with van der Waals surface area (Å²) in [5.41, 5.74) is 7.16. The lowest BCUT2D eigenvalue weighted by Crippen LogP contribution is -2.35. The second kappa shape index (κ2) is 21.4. The van der Waals surface area contributed by atoms with E-state index in [1.165, 1.54) is 145 Å². The summed E-state index contributed by atoms with van der Waals surface area (Å²) in [5, 5.41) is 14.1. The van der Waals surface area contributed by atoms with Crippen LogP contribution in [0.5, 0.6) is 0 Å². The minimum atomic E-state index is -0.311. The summed E-state index contributed by atoms with van der Waals surface area (Å²) in [6.45, 7) is 15.3. The third-order valence-corrected chi connectivity index (χ3v) is 14.1. The van der Waals surface area contributed by atoms with E-state index in [-0.39, 0.29) is 22.4 Å². The molecule has 6 heteroatoms. The van der Waals surface area contributed by atoms with E-state index in [9.17, 15) is 9.90 Å². The normalized spacial score (nSPS) is 18.4. The Kier molecular flexibility index (Phi) is 17.2. The topological polar surface area (TPSA) is 46.4 Å². The van der Waals surface area contributed by atoms with Gasteiger partial charge in [-0.05, 0) is 108 Å². The van der Waals surface area contributed by atoms with Crippen molar-refractivity contribution >= 4 is 68.1 Å². The lowest BCUT2D eigenvalue weighted by atomic mass is 9.77. The zero-order chi connectivity index (χ0) is 40.3. The van der Waals surface area contributed by atoms with Crippen molar-refractivity contribution in [3.05, 3.63) is 89.4 Å². The number of hydrogen-bond donors (Lipinski definition) is 0. The molecule has 2 heterocycles. The zero-order valence-electron chi connectivity index (χ0n) is 35.6. The number of halogens is 2. The molecule has 0 atom stereocenters. The van der Waals surface area contributed by atoms with Gasteiger partial charge in [0.05, 0.1) is 5.41 Å². The van der Waals surface area contributed by atoms with Crippen LogP contribution in [-0.4, -0.2) is 29.2 Å². The molecule has 4 nitrogen and oxygen atoms in total. The summed E-state index contributed by atoms with van der Waals surface area (Å²) in [7, 11) is 0. The molecule has 0 fully saturated rings. The van der Waals surface area contributed by atoms with Crippen molar-refractivity contribution in [3.63, 3.8) is 0 Å². The number of anilines is 1. The van der Waals surface area contributed by atoms with Crippen molar-refractivity contribution in [2.75, 3.05) is 18.0 Å². The van der Waals surface area contributed by atoms with Crippen molar-refractivity contribution in [3.8, 4) is 0 Å². The van der Waals surface area contributed by atoms with Crippen LogP contribution in [0.4, 0.5) is 11.4 Å². The van der Waals surface area contributed by atoms with Gasteiger partial charge in [0.25, 0.3) is 0 Å². The summed E-state index contributed by atoms with van der Waals surface area (Å²) in [6, 6.07) is 13.4. The number of Topliss-reactive ketones (excluding diaryl/α,β-unsaturated/α-hetero) is 1. The third-order valence-electron chi connectivity index (χ3n) is 12.7. The fraction of sp³-hybridized carbons (Fsp3) is 0.600. The van der Waals surface area contributed by atoms with Gasteiger partial charge >= 0.3 is 0 Å². The number of nitrogens with zero attached hydrogens (tertiary/aromatic N) is 2. The highest BCUT2D eigenvalue weighted by atomic mass is 127. The minimum absolute atomic E-state index is 0.115. The van der Waals surface area contributed by atoms with Gasteiger partial charge in [-0.3, -0.25) is 4.79 Å². The molecular weight excluding hydrogens is 914 g/mol. The Balaban J connectivity index is 1.33. The Morgan fingerprint density at radius 1 is 0.643 bits per heavy atom. The molecule has 0 aromatic heterocycles. The fourth-order valence-corrected chi connectivity index (χ4v) is 10.2. The molecule has 0 N–H and O–H groups in total. The van der Waals surface area contributed by atoms with E-state index < -0.39 is 0 Å². The Labute approximate surface area is 368 Å². The smallest absolute Gasteiger partial charge is 0.209 e. The number of fused-ring (bicyclic) bond motifs is 2. The third kappa shape index (κ3) is 10.8. The zero-order valence-corrected chi connectivity index (χ0v) is 40.0. The maximum atomic E-state index is 14.1. The molecule has 306 valence electrons. The number of hydrogen-bond acceptors (Lipinski definition) is 3. The number of carbonyl (C=O) groups excluding carboxylic acids is 1. The van der Waals surface area contributed by atoms with Crippen LogP contribution in [0.2, 0.25) is 0 Å². The Morgan fingerprint density at radius 2 is 1.16 bits per heavy atom. The predicted molar refractivity (Wildman–Crippen MR) is 253 cm³/mol. The first kappa shape index (κ1) is 45.1. The second-order valence-corrected chi connectivity index (χ2v) is 20.3. The molecule has 3 aliphatic rings. The SMILES string of the molecule is CCCCCCCCCCCCN1/C(=C/C2=C([O-])C(=C/C3=[N+](CCCCCCCCCCCC)c4ccc(I)cc4C3(C)C)/C2=O)C(C)(C)c2ccc(I)cc21. The predicted octanol–water partition coefficient (Wildman–Crippen LogP) is 13.9. The Hall–Kier alpha value is -1.94. The molecule has 0 bridgehead atoms. The summed E-state index contributed by atoms with van der Waals surface area (Å²) in [5.74, 6) is -0.231. The molecule has 0 amide bonds. The molecule has 0 unspecified atom stereocenters. The summed E-state index contributed by atoms with van der Waals surface area (Å²) >= 11 is 4.80. The molecule has 2 aliphatic heterocycles. The number of allylic oxidation sites excluding steroid dienone is 5. The van der Waals surface area contributed by atoms with Crippen molar-refractivity contribution < 1.29 is 14.5 Å². The van der Waals surface area contributed by atoms with Crippen LogP contribution in [0.3, 0.4) is 0 Å². The quantitative estimate of drug-likeness (QED) is 0.0456. The van der Waals surface area contributed by atoms with Crippen molar-refractivity contribution in [2.45, 2.75) is 181 Å². The molecule has 56 heavy (non-hydrogen) atoms. The van der Waals surface area contributed by atoms with Gasteiger partial charge in [0.15, 0.2) is 11.5 Å². The number of ketones is 1. The largest absolute Gasteiger partial charge is 0.871 e. The van der Waals surface area contributed by atoms with E-state index in [4.69, 9.17) is 0 Å². The standard InChI is InChI=1S/C50H70I2N2O2/c1-7-9-11-13-15-17-19-21-23-25-31-53-43-30-28-37(51)33-42(43)50(5,6)46(53)36-40-47(55)39(48(40)56)35-45-49(3,4)41-29-27-38(52)34-44(41)54(45)32-26-24-22-20-18-16-14-12-10-8-2/h27-30,33-36H,7-26,31-32H2,1-6H3. The molecule has 2 aromatic rings. The number of carbonyl (C=O) groups is 1. The average Bonchev–Trinajstić information content (AvgIpc) is 3.50. The van der Waals surface area contributed by atoms with Gasteiger partial charge in [-0.2, -0.15) is 4.58 Å². The lowest BCUT2D eigenvalue weighted by molar-refractivity contribution is -0.438. The first-order valence-corrected chi connectivity index (χ1v) is 24.5. The van der Waals surface area contributed by atoms with E-state index in [1.54, 1.807) is 0 Å². The highest BCUT2D eigenvalue weighted by molar-refractivity contribution is 14.1. The molecule has 1 aliphatic carbocycles. The van der Waals surface area contributed by atoms with Gasteiger partial charge in [0.2, 0.25) is 5.69 Å². The van der Waals surface area contributed by atoms with Gasteiger partial charge in [-0.1, -0.05) is 149 Å². The molecule has 2 aromatic carbocycles. The molecule has 0 spiro atoms. The van der Waals surface area contributed by atoms with Crippen LogP contribution < -0.4 is 10.0 Å². The molecule has 0 saturated heterocycles. The molecule has 0 saturated carbocycles. The van der Waals surface area contributed by atoms with Crippen LogP contribution in [0.1, 0.15) is 181 Å². The molecule has 5 rings (SSSR count). The van der Waals surface area contributed by atoms with Crippen molar-refractivity contribution in [1.82, 2.24) is 0 Å². The van der Waals surface area contributed by atoms with E-state index in [1.807, 2.05) is 12.2 Å². The fourth-order valence-electron chi connectivity index (χ4n) is 9.19. The van der Waals surface area contributed by atoms with Gasteiger partial charge in [0.1, 0.15) is 6.54 Å².